The number of halogens is 1. The van der Waals surface area contributed by atoms with Gasteiger partial charge in [-0.05, 0) is 23.6 Å². The number of carboxylic acids is 1. The minimum Gasteiger partial charge on any atom is -0.477 e. The second-order valence-electron chi connectivity index (χ2n) is 2.83. The van der Waals surface area contributed by atoms with Crippen LogP contribution >= 0.6 is 22.9 Å². The zero-order valence-electron chi connectivity index (χ0n) is 7.48. The third-order valence-corrected chi connectivity index (χ3v) is 3.25. The summed E-state index contributed by atoms with van der Waals surface area (Å²) >= 11 is 7.44. The van der Waals surface area contributed by atoms with Crippen LogP contribution < -0.4 is 0 Å². The van der Waals surface area contributed by atoms with Crippen LogP contribution in [0.4, 0.5) is 0 Å². The van der Waals surface area contributed by atoms with Gasteiger partial charge in [0.1, 0.15) is 5.69 Å². The number of nitrogens with zero attached hydrogens (tertiary/aromatic N) is 1. The van der Waals surface area contributed by atoms with Gasteiger partial charge < -0.3 is 5.11 Å². The number of hydrogen-bond donors (Lipinski definition) is 1. The van der Waals surface area contributed by atoms with E-state index in [0.29, 0.717) is 5.02 Å². The summed E-state index contributed by atoms with van der Waals surface area (Å²) in [5.41, 5.74) is 0.867. The Morgan fingerprint density at radius 1 is 1.40 bits per heavy atom. The van der Waals surface area contributed by atoms with E-state index in [9.17, 15) is 4.79 Å². The van der Waals surface area contributed by atoms with Gasteiger partial charge in [0.05, 0.1) is 9.90 Å². The van der Waals surface area contributed by atoms with Crippen LogP contribution in [0, 0.1) is 0 Å². The highest BCUT2D eigenvalue weighted by Crippen LogP contribution is 2.32. The highest BCUT2D eigenvalue weighted by Gasteiger charge is 2.07. The number of pyridine rings is 1. The van der Waals surface area contributed by atoms with E-state index in [-0.39, 0.29) is 5.69 Å². The van der Waals surface area contributed by atoms with Crippen molar-refractivity contribution in [3.63, 3.8) is 0 Å². The lowest BCUT2D eigenvalue weighted by Gasteiger charge is -1.98. The zero-order valence-corrected chi connectivity index (χ0v) is 9.05. The fraction of sp³-hybridized carbons (Fsp3) is 0. The first-order valence-corrected chi connectivity index (χ1v) is 5.37. The monoisotopic (exact) mass is 239 g/mol. The molecule has 2 rings (SSSR count). The Morgan fingerprint density at radius 2 is 2.20 bits per heavy atom. The summed E-state index contributed by atoms with van der Waals surface area (Å²) in [6.45, 7) is 0. The smallest absolute Gasteiger partial charge is 0.354 e. The van der Waals surface area contributed by atoms with Gasteiger partial charge in [0, 0.05) is 11.8 Å². The van der Waals surface area contributed by atoms with Gasteiger partial charge in [0.15, 0.2) is 0 Å². The Kier molecular flexibility index (Phi) is 2.70. The van der Waals surface area contributed by atoms with Crippen molar-refractivity contribution < 1.29 is 9.90 Å². The summed E-state index contributed by atoms with van der Waals surface area (Å²) in [4.78, 5) is 15.3. The number of rotatable bonds is 2. The van der Waals surface area contributed by atoms with Gasteiger partial charge in [0.25, 0.3) is 0 Å². The van der Waals surface area contributed by atoms with Gasteiger partial charge in [0.2, 0.25) is 0 Å². The molecule has 1 N–H and O–H groups in total. The minimum absolute atomic E-state index is 0.0337. The molecule has 5 heteroatoms. The highest BCUT2D eigenvalue weighted by atomic mass is 35.5. The molecule has 15 heavy (non-hydrogen) atoms. The first-order valence-electron chi connectivity index (χ1n) is 4.11. The molecule has 2 aromatic rings. The average Bonchev–Trinajstić information content (AvgIpc) is 2.65. The standard InChI is InChI=1S/C10H6ClNO2S/c11-7-3-4-15-9(7)6-1-2-8(10(13)14)12-5-6/h1-5H,(H,13,14). The van der Waals surface area contributed by atoms with Gasteiger partial charge >= 0.3 is 5.97 Å². The molecule has 0 radical (unpaired) electrons. The molecule has 76 valence electrons. The summed E-state index contributed by atoms with van der Waals surface area (Å²) in [5.74, 6) is -1.03. The Morgan fingerprint density at radius 3 is 2.67 bits per heavy atom. The number of aromatic nitrogens is 1. The molecule has 0 amide bonds. The van der Waals surface area contributed by atoms with E-state index in [1.54, 1.807) is 12.1 Å². The summed E-state index contributed by atoms with van der Waals surface area (Å²) in [5, 5.41) is 11.2. The summed E-state index contributed by atoms with van der Waals surface area (Å²) < 4.78 is 0. The maximum absolute atomic E-state index is 10.6. The lowest BCUT2D eigenvalue weighted by Crippen LogP contribution is -1.98. The van der Waals surface area contributed by atoms with Gasteiger partial charge in [-0.2, -0.15) is 0 Å². The van der Waals surface area contributed by atoms with Crippen molar-refractivity contribution in [2.75, 3.05) is 0 Å². The lowest BCUT2D eigenvalue weighted by atomic mass is 10.2. The first-order chi connectivity index (χ1) is 7.18. The molecule has 0 aliphatic heterocycles. The van der Waals surface area contributed by atoms with Crippen LogP contribution in [0.1, 0.15) is 10.5 Å². The van der Waals surface area contributed by atoms with Crippen LogP contribution in [0.2, 0.25) is 5.02 Å². The normalized spacial score (nSPS) is 10.2. The molecular weight excluding hydrogens is 234 g/mol. The quantitative estimate of drug-likeness (QED) is 0.876. The van der Waals surface area contributed by atoms with E-state index >= 15 is 0 Å². The van der Waals surface area contributed by atoms with Crippen molar-refractivity contribution in [2.45, 2.75) is 0 Å². The average molecular weight is 240 g/mol. The van der Waals surface area contributed by atoms with Crippen LogP contribution in [0.15, 0.2) is 29.8 Å². The number of aromatic carboxylic acids is 1. The van der Waals surface area contributed by atoms with Gasteiger partial charge in [-0.1, -0.05) is 11.6 Å². The van der Waals surface area contributed by atoms with Crippen LogP contribution in [0.5, 0.6) is 0 Å². The number of carbonyl (C=O) groups is 1. The molecule has 3 nitrogen and oxygen atoms in total. The van der Waals surface area contributed by atoms with E-state index in [1.165, 1.54) is 23.6 Å². The molecule has 2 aromatic heterocycles. The second-order valence-corrected chi connectivity index (χ2v) is 4.16. The van der Waals surface area contributed by atoms with E-state index < -0.39 is 5.97 Å². The predicted molar refractivity (Wildman–Crippen MR) is 59.5 cm³/mol. The number of thiophene rings is 1. The maximum atomic E-state index is 10.6. The summed E-state index contributed by atoms with van der Waals surface area (Å²) in [6, 6.07) is 4.97. The van der Waals surface area contributed by atoms with Gasteiger partial charge in [-0.3, -0.25) is 0 Å². The Bertz CT molecular complexity index is 492. The Labute approximate surface area is 95.0 Å². The molecule has 0 bridgehead atoms. The Balaban J connectivity index is 2.40. The van der Waals surface area contributed by atoms with Crippen LogP contribution in [0.25, 0.3) is 10.4 Å². The molecule has 0 aliphatic rings. The molecule has 2 heterocycles. The van der Waals surface area contributed by atoms with Crippen molar-refractivity contribution in [2.24, 2.45) is 0 Å². The van der Waals surface area contributed by atoms with Crippen molar-refractivity contribution >= 4 is 28.9 Å². The summed E-state index contributed by atoms with van der Waals surface area (Å²) in [6.07, 6.45) is 1.52. The van der Waals surface area contributed by atoms with E-state index in [1.807, 2.05) is 5.38 Å². The molecule has 0 aliphatic carbocycles. The largest absolute Gasteiger partial charge is 0.477 e. The topological polar surface area (TPSA) is 50.2 Å². The van der Waals surface area contributed by atoms with Crippen molar-refractivity contribution in [1.82, 2.24) is 4.98 Å². The minimum atomic E-state index is -1.03. The van der Waals surface area contributed by atoms with Crippen molar-refractivity contribution in [3.8, 4) is 10.4 Å². The second kappa shape index (κ2) is 4.00. The maximum Gasteiger partial charge on any atom is 0.354 e. The van der Waals surface area contributed by atoms with E-state index in [2.05, 4.69) is 4.98 Å². The molecule has 0 spiro atoms. The lowest BCUT2D eigenvalue weighted by molar-refractivity contribution is 0.0690. The van der Waals surface area contributed by atoms with E-state index in [0.717, 1.165) is 10.4 Å². The third kappa shape index (κ3) is 2.00. The first kappa shape index (κ1) is 10.1. The fourth-order valence-electron chi connectivity index (χ4n) is 1.15. The number of hydrogen-bond acceptors (Lipinski definition) is 3. The fourth-order valence-corrected chi connectivity index (χ4v) is 2.31. The number of carboxylic acid groups (broad SMARTS) is 1. The van der Waals surface area contributed by atoms with Crippen LogP contribution in [-0.2, 0) is 0 Å². The van der Waals surface area contributed by atoms with Crippen LogP contribution in [0.3, 0.4) is 0 Å². The zero-order chi connectivity index (χ0) is 10.8. The molecule has 0 fully saturated rings. The highest BCUT2D eigenvalue weighted by molar-refractivity contribution is 7.14. The molecule has 0 unspecified atom stereocenters. The predicted octanol–water partition coefficient (Wildman–Crippen LogP) is 3.16. The Hall–Kier alpha value is -1.39. The SMILES string of the molecule is O=C(O)c1ccc(-c2sccc2Cl)cn1. The molecule has 0 saturated carbocycles. The third-order valence-electron chi connectivity index (χ3n) is 1.86. The molecule has 0 saturated heterocycles. The van der Waals surface area contributed by atoms with E-state index in [4.69, 9.17) is 16.7 Å². The molecule has 0 aromatic carbocycles. The molecule has 0 atom stereocenters. The van der Waals surface area contributed by atoms with Gasteiger partial charge in [-0.15, -0.1) is 11.3 Å². The van der Waals surface area contributed by atoms with Crippen molar-refractivity contribution in [1.29, 1.82) is 0 Å². The summed E-state index contributed by atoms with van der Waals surface area (Å²) in [7, 11) is 0. The molecular formula is C10H6ClNO2S. The van der Waals surface area contributed by atoms with Crippen molar-refractivity contribution in [3.05, 3.63) is 40.5 Å². The van der Waals surface area contributed by atoms with Crippen LogP contribution in [-0.4, -0.2) is 16.1 Å². The van der Waals surface area contributed by atoms with Gasteiger partial charge in [-0.25, -0.2) is 9.78 Å².